The molecule has 31 heavy (non-hydrogen) atoms. The minimum atomic E-state index is -0.736. The Hall–Kier alpha value is -3.39. The molecule has 0 unspecified atom stereocenters. The van der Waals surface area contributed by atoms with Crippen molar-refractivity contribution in [2.75, 3.05) is 10.6 Å². The van der Waals surface area contributed by atoms with Gasteiger partial charge in [-0.15, -0.1) is 0 Å². The third-order valence-electron chi connectivity index (χ3n) is 5.35. The van der Waals surface area contributed by atoms with Gasteiger partial charge in [0.25, 0.3) is 0 Å². The summed E-state index contributed by atoms with van der Waals surface area (Å²) in [5.74, 6) is 0.0783. The van der Waals surface area contributed by atoms with Gasteiger partial charge in [0.2, 0.25) is 11.7 Å². The highest BCUT2D eigenvalue weighted by atomic mass is 35.5. The lowest BCUT2D eigenvalue weighted by Crippen LogP contribution is -2.20. The molecule has 9 heteroatoms. The van der Waals surface area contributed by atoms with E-state index >= 15 is 0 Å². The van der Waals surface area contributed by atoms with Gasteiger partial charge in [-0.3, -0.25) is 4.79 Å². The van der Waals surface area contributed by atoms with Crippen molar-refractivity contribution >= 4 is 35.0 Å². The quantitative estimate of drug-likeness (QED) is 0.489. The highest BCUT2D eigenvalue weighted by Crippen LogP contribution is 2.35. The molecule has 3 N–H and O–H groups in total. The van der Waals surface area contributed by atoms with Crippen LogP contribution in [-0.4, -0.2) is 27.2 Å². The number of hydrogen-bond acceptors (Lipinski definition) is 5. The topological polar surface area (TPSA) is 117 Å². The predicted octanol–water partition coefficient (Wildman–Crippen LogP) is 5.39. The van der Waals surface area contributed by atoms with Gasteiger partial charge in [-0.05, 0) is 68.1 Å². The van der Waals surface area contributed by atoms with Crippen LogP contribution in [-0.2, 0) is 4.79 Å². The molecule has 1 saturated carbocycles. The molecular formula is C22H21ClN4O4. The van der Waals surface area contributed by atoms with Crippen LogP contribution in [0.2, 0.25) is 5.02 Å². The first-order chi connectivity index (χ1) is 15.0. The molecule has 0 saturated heterocycles. The van der Waals surface area contributed by atoms with Crippen LogP contribution in [0.4, 0.5) is 16.2 Å². The first kappa shape index (κ1) is 20.9. The Bertz CT molecular complexity index is 1080. The van der Waals surface area contributed by atoms with Gasteiger partial charge < -0.3 is 20.3 Å². The minimum absolute atomic E-state index is 0.0907. The number of nitrogens with one attached hydrogen (secondary N) is 2. The molecule has 3 aromatic rings. The standard InChI is InChI=1S/C22H21ClN4O4/c23-16-2-1-3-18(12-16)25-22(30)24-17-10-8-13(9-11-17)19-26-20(31-27-19)14-4-6-15(7-5-14)21(28)29/h1-3,8-12,14-15H,4-7H2,(H,28,29)(H2,24,25,30). The van der Waals surface area contributed by atoms with E-state index in [0.717, 1.165) is 18.4 Å². The first-order valence-corrected chi connectivity index (χ1v) is 10.4. The summed E-state index contributed by atoms with van der Waals surface area (Å²) in [4.78, 5) is 27.7. The summed E-state index contributed by atoms with van der Waals surface area (Å²) in [6, 6.07) is 13.6. The number of aromatic nitrogens is 2. The summed E-state index contributed by atoms with van der Waals surface area (Å²) in [7, 11) is 0. The van der Waals surface area contributed by atoms with E-state index in [1.165, 1.54) is 0 Å². The van der Waals surface area contributed by atoms with Gasteiger partial charge in [0.15, 0.2) is 0 Å². The zero-order chi connectivity index (χ0) is 21.8. The number of halogens is 1. The summed E-state index contributed by atoms with van der Waals surface area (Å²) in [5, 5.41) is 19.2. The number of carboxylic acid groups (broad SMARTS) is 1. The lowest BCUT2D eigenvalue weighted by Gasteiger charge is -2.23. The van der Waals surface area contributed by atoms with Crippen LogP contribution in [0.1, 0.15) is 37.5 Å². The summed E-state index contributed by atoms with van der Waals surface area (Å²) >= 11 is 5.92. The summed E-state index contributed by atoms with van der Waals surface area (Å²) < 4.78 is 5.43. The lowest BCUT2D eigenvalue weighted by atomic mass is 9.82. The van der Waals surface area contributed by atoms with Crippen LogP contribution in [0.25, 0.3) is 11.4 Å². The number of carboxylic acids is 1. The van der Waals surface area contributed by atoms with Crippen molar-refractivity contribution in [1.29, 1.82) is 0 Å². The van der Waals surface area contributed by atoms with Crippen molar-refractivity contribution in [2.24, 2.45) is 5.92 Å². The summed E-state index contributed by atoms with van der Waals surface area (Å²) in [5.41, 5.74) is 1.97. The van der Waals surface area contributed by atoms with Crippen molar-refractivity contribution < 1.29 is 19.2 Å². The predicted molar refractivity (Wildman–Crippen MR) is 116 cm³/mol. The monoisotopic (exact) mass is 440 g/mol. The van der Waals surface area contributed by atoms with Gasteiger partial charge in [-0.25, -0.2) is 4.79 Å². The highest BCUT2D eigenvalue weighted by molar-refractivity contribution is 6.30. The molecule has 0 radical (unpaired) electrons. The van der Waals surface area contributed by atoms with Crippen molar-refractivity contribution in [3.8, 4) is 11.4 Å². The van der Waals surface area contributed by atoms with E-state index in [1.807, 2.05) is 0 Å². The third-order valence-corrected chi connectivity index (χ3v) is 5.59. The van der Waals surface area contributed by atoms with Crippen LogP contribution < -0.4 is 10.6 Å². The molecule has 1 aliphatic carbocycles. The molecule has 1 aromatic heterocycles. The molecular weight excluding hydrogens is 420 g/mol. The Morgan fingerprint density at radius 3 is 2.39 bits per heavy atom. The van der Waals surface area contributed by atoms with Crippen molar-refractivity contribution in [1.82, 2.24) is 10.1 Å². The second-order valence-electron chi connectivity index (χ2n) is 7.51. The Kier molecular flexibility index (Phi) is 6.18. The Balaban J connectivity index is 1.35. The molecule has 1 fully saturated rings. The van der Waals surface area contributed by atoms with Gasteiger partial charge in [-0.2, -0.15) is 4.98 Å². The third kappa shape index (κ3) is 5.21. The van der Waals surface area contributed by atoms with E-state index in [-0.39, 0.29) is 17.9 Å². The van der Waals surface area contributed by atoms with E-state index in [0.29, 0.717) is 41.0 Å². The number of rotatable bonds is 5. The maximum atomic E-state index is 12.1. The number of aliphatic carboxylic acids is 1. The lowest BCUT2D eigenvalue weighted by molar-refractivity contribution is -0.142. The van der Waals surface area contributed by atoms with Gasteiger partial charge >= 0.3 is 12.0 Å². The van der Waals surface area contributed by atoms with Gasteiger partial charge in [0.05, 0.1) is 5.92 Å². The summed E-state index contributed by atoms with van der Waals surface area (Å²) in [6.45, 7) is 0. The maximum Gasteiger partial charge on any atom is 0.323 e. The molecule has 2 aromatic carbocycles. The summed E-state index contributed by atoms with van der Waals surface area (Å²) in [6.07, 6.45) is 2.69. The van der Waals surface area contributed by atoms with Crippen LogP contribution >= 0.6 is 11.6 Å². The molecule has 4 rings (SSSR count). The number of nitrogens with zero attached hydrogens (tertiary/aromatic N) is 2. The number of carbonyl (C=O) groups is 2. The van der Waals surface area contributed by atoms with Crippen LogP contribution in [0.3, 0.4) is 0 Å². The number of carbonyl (C=O) groups excluding carboxylic acids is 1. The molecule has 0 aliphatic heterocycles. The molecule has 0 bridgehead atoms. The fourth-order valence-electron chi connectivity index (χ4n) is 3.67. The average Bonchev–Trinajstić information content (AvgIpc) is 3.24. The van der Waals surface area contributed by atoms with Crippen molar-refractivity contribution in [3.05, 3.63) is 59.4 Å². The van der Waals surface area contributed by atoms with E-state index in [1.54, 1.807) is 48.5 Å². The smallest absolute Gasteiger partial charge is 0.323 e. The number of hydrogen-bond donors (Lipinski definition) is 3. The molecule has 1 aliphatic rings. The molecule has 0 spiro atoms. The second-order valence-corrected chi connectivity index (χ2v) is 7.95. The SMILES string of the molecule is O=C(Nc1ccc(-c2noc(C3CCC(C(=O)O)CC3)n2)cc1)Nc1cccc(Cl)c1. The van der Waals surface area contributed by atoms with Crippen molar-refractivity contribution in [2.45, 2.75) is 31.6 Å². The molecule has 0 atom stereocenters. The molecule has 160 valence electrons. The largest absolute Gasteiger partial charge is 0.481 e. The van der Waals surface area contributed by atoms with Gasteiger partial charge in [0, 0.05) is 27.9 Å². The average molecular weight is 441 g/mol. The fourth-order valence-corrected chi connectivity index (χ4v) is 3.86. The fraction of sp³-hybridized carbons (Fsp3) is 0.273. The first-order valence-electron chi connectivity index (χ1n) is 9.98. The second kappa shape index (κ2) is 9.18. The maximum absolute atomic E-state index is 12.1. The van der Waals surface area contributed by atoms with E-state index in [9.17, 15) is 9.59 Å². The van der Waals surface area contributed by atoms with Crippen LogP contribution in [0.5, 0.6) is 0 Å². The molecule has 8 nitrogen and oxygen atoms in total. The Labute approximate surface area is 183 Å². The van der Waals surface area contributed by atoms with Crippen LogP contribution in [0, 0.1) is 5.92 Å². The Morgan fingerprint density at radius 1 is 1.00 bits per heavy atom. The Morgan fingerprint density at radius 2 is 1.71 bits per heavy atom. The zero-order valence-electron chi connectivity index (χ0n) is 16.5. The van der Waals surface area contributed by atoms with E-state index in [4.69, 9.17) is 21.2 Å². The van der Waals surface area contributed by atoms with E-state index in [2.05, 4.69) is 20.8 Å². The molecule has 1 heterocycles. The normalized spacial score (nSPS) is 18.4. The number of anilines is 2. The van der Waals surface area contributed by atoms with Crippen LogP contribution in [0.15, 0.2) is 53.1 Å². The minimum Gasteiger partial charge on any atom is -0.481 e. The number of benzene rings is 2. The molecule has 2 amide bonds. The van der Waals surface area contributed by atoms with Gasteiger partial charge in [0.1, 0.15) is 0 Å². The number of urea groups is 1. The highest BCUT2D eigenvalue weighted by Gasteiger charge is 2.29. The number of amides is 2. The van der Waals surface area contributed by atoms with Gasteiger partial charge in [-0.1, -0.05) is 22.8 Å². The van der Waals surface area contributed by atoms with Crippen molar-refractivity contribution in [3.63, 3.8) is 0 Å². The van der Waals surface area contributed by atoms with E-state index < -0.39 is 5.97 Å². The zero-order valence-corrected chi connectivity index (χ0v) is 17.3.